The molecule has 0 aromatic heterocycles. The van der Waals surface area contributed by atoms with E-state index in [1.807, 2.05) is 0 Å². The summed E-state index contributed by atoms with van der Waals surface area (Å²) in [4.78, 5) is 0. The molecular formula is C8H13F2Hf-. The van der Waals surface area contributed by atoms with Crippen LogP contribution in [0.2, 0.25) is 0 Å². The van der Waals surface area contributed by atoms with Gasteiger partial charge in [0.25, 0.3) is 0 Å². The van der Waals surface area contributed by atoms with E-state index in [0.717, 1.165) is 6.42 Å². The van der Waals surface area contributed by atoms with E-state index in [4.69, 9.17) is 0 Å². The molecule has 0 saturated carbocycles. The second kappa shape index (κ2) is 10.2. The molecule has 0 spiro atoms. The topological polar surface area (TPSA) is 0 Å². The van der Waals surface area contributed by atoms with Crippen LogP contribution in [0.25, 0.3) is 0 Å². The first-order valence-electron chi connectivity index (χ1n) is 3.19. The van der Waals surface area contributed by atoms with Crippen molar-refractivity contribution in [2.24, 2.45) is 0 Å². The van der Waals surface area contributed by atoms with Crippen LogP contribution in [0.15, 0.2) is 17.7 Å². The Morgan fingerprint density at radius 2 is 2.09 bits per heavy atom. The van der Waals surface area contributed by atoms with Crippen LogP contribution in [-0.2, 0) is 25.8 Å². The molecule has 0 atom stereocenters. The van der Waals surface area contributed by atoms with Crippen LogP contribution in [0.5, 0.6) is 0 Å². The summed E-state index contributed by atoms with van der Waals surface area (Å²) in [5.74, 6) is 0. The van der Waals surface area contributed by atoms with E-state index < -0.39 is 0 Å². The zero-order chi connectivity index (χ0) is 5.82. The van der Waals surface area contributed by atoms with Gasteiger partial charge in [0, 0.05) is 25.8 Å². The molecule has 0 radical (unpaired) electrons. The van der Waals surface area contributed by atoms with Crippen molar-refractivity contribution in [1.82, 2.24) is 0 Å². The second-order valence-corrected chi connectivity index (χ2v) is 2.08. The zero-order valence-electron chi connectivity index (χ0n) is 6.59. The molecule has 0 heterocycles. The van der Waals surface area contributed by atoms with E-state index in [0.29, 0.717) is 0 Å². The van der Waals surface area contributed by atoms with Gasteiger partial charge in [-0.05, 0) is 0 Å². The predicted molar refractivity (Wildman–Crippen MR) is 40.4 cm³/mol. The van der Waals surface area contributed by atoms with Gasteiger partial charge in [0.15, 0.2) is 0 Å². The molecule has 0 bridgehead atoms. The molecule has 64 valence electrons. The molecule has 11 heavy (non-hydrogen) atoms. The van der Waals surface area contributed by atoms with Crippen molar-refractivity contribution < 1.29 is 35.3 Å². The van der Waals surface area contributed by atoms with Gasteiger partial charge in [-0.1, -0.05) is 19.8 Å². The summed E-state index contributed by atoms with van der Waals surface area (Å²) in [6.45, 7) is 2.20. The molecule has 0 aromatic rings. The Kier molecular flexibility index (Phi) is 16.1. The Morgan fingerprint density at radius 3 is 2.45 bits per heavy atom. The smallest absolute Gasteiger partial charge is 0 e. The minimum atomic E-state index is 0. The van der Waals surface area contributed by atoms with Crippen molar-refractivity contribution >= 4 is 0 Å². The third-order valence-corrected chi connectivity index (χ3v) is 1.31. The van der Waals surface area contributed by atoms with Gasteiger partial charge in [-0.3, -0.25) is 15.5 Å². The quantitative estimate of drug-likeness (QED) is 0.541. The molecular weight excluding hydrogens is 313 g/mol. The molecule has 0 amide bonds. The molecule has 1 aliphatic rings. The van der Waals surface area contributed by atoms with Crippen molar-refractivity contribution in [2.45, 2.75) is 26.2 Å². The zero-order valence-corrected chi connectivity index (χ0v) is 10.2. The predicted octanol–water partition coefficient (Wildman–Crippen LogP) is 2.78. The molecule has 0 unspecified atom stereocenters. The van der Waals surface area contributed by atoms with Gasteiger partial charge in [0.05, 0.1) is 0 Å². The van der Waals surface area contributed by atoms with Crippen molar-refractivity contribution in [3.63, 3.8) is 0 Å². The van der Waals surface area contributed by atoms with Gasteiger partial charge in [0.2, 0.25) is 0 Å². The van der Waals surface area contributed by atoms with Gasteiger partial charge >= 0.3 is 0 Å². The average Bonchev–Trinajstić information content (AvgIpc) is 2.19. The standard InChI is InChI=1S/C8H11.2FH.Hf/c1-2-5-8-6-3-4-7-8;;;/h6-7H,2-3,5H2,1H3;2*1H;/q-1;;;. The maximum Gasteiger partial charge on any atom is 0 e. The molecule has 1 aliphatic carbocycles. The van der Waals surface area contributed by atoms with E-state index in [1.165, 1.54) is 18.4 Å². The molecule has 0 N–H and O–H groups in total. The Hall–Kier alpha value is 0.210. The van der Waals surface area contributed by atoms with Crippen LogP contribution in [0.4, 0.5) is 9.41 Å². The van der Waals surface area contributed by atoms with Gasteiger partial charge in [-0.15, -0.1) is 6.42 Å². The van der Waals surface area contributed by atoms with E-state index in [9.17, 15) is 0 Å². The summed E-state index contributed by atoms with van der Waals surface area (Å²) in [5, 5.41) is 0. The number of rotatable bonds is 2. The number of allylic oxidation sites excluding steroid dienone is 4. The Morgan fingerprint density at radius 1 is 1.45 bits per heavy atom. The summed E-state index contributed by atoms with van der Waals surface area (Å²) in [6.07, 6.45) is 11.0. The summed E-state index contributed by atoms with van der Waals surface area (Å²) in [7, 11) is 0. The summed E-state index contributed by atoms with van der Waals surface area (Å²) in [6, 6.07) is 0. The maximum absolute atomic E-state index is 3.14. The Balaban J connectivity index is -0.000000213. The number of hydrogen-bond donors (Lipinski definition) is 0. The fourth-order valence-electron chi connectivity index (χ4n) is 0.902. The van der Waals surface area contributed by atoms with Gasteiger partial charge in [-0.25, -0.2) is 11.6 Å². The first kappa shape index (κ1) is 17.3. The normalized spacial score (nSPS) is 12.3. The van der Waals surface area contributed by atoms with E-state index in [-0.39, 0.29) is 35.3 Å². The molecule has 3 heteroatoms. The van der Waals surface area contributed by atoms with Gasteiger partial charge < -0.3 is 0 Å². The van der Waals surface area contributed by atoms with Crippen LogP contribution in [0.3, 0.4) is 0 Å². The van der Waals surface area contributed by atoms with E-state index in [2.05, 4.69) is 25.2 Å². The van der Waals surface area contributed by atoms with Crippen molar-refractivity contribution in [3.8, 4) is 0 Å². The summed E-state index contributed by atoms with van der Waals surface area (Å²) in [5.41, 5.74) is 1.47. The second-order valence-electron chi connectivity index (χ2n) is 2.08. The largest absolute Gasteiger partial charge is 0.273 e. The van der Waals surface area contributed by atoms with Gasteiger partial charge in [0.1, 0.15) is 0 Å². The minimum absolute atomic E-state index is 0. The fourth-order valence-corrected chi connectivity index (χ4v) is 0.902. The van der Waals surface area contributed by atoms with Crippen LogP contribution >= 0.6 is 0 Å². The molecule has 0 aromatic carbocycles. The molecule has 0 saturated heterocycles. The Bertz CT molecular complexity index is 130. The van der Waals surface area contributed by atoms with Crippen LogP contribution < -0.4 is 0 Å². The first-order chi connectivity index (χ1) is 3.93. The molecule has 0 aliphatic heterocycles. The Labute approximate surface area is 85.3 Å². The summed E-state index contributed by atoms with van der Waals surface area (Å²) < 4.78 is 0. The molecule has 0 nitrogen and oxygen atoms in total. The molecule has 0 fully saturated rings. The fraction of sp³-hybridized carbons (Fsp3) is 0.500. The van der Waals surface area contributed by atoms with Crippen LogP contribution in [-0.4, -0.2) is 0 Å². The van der Waals surface area contributed by atoms with Crippen molar-refractivity contribution in [1.29, 1.82) is 0 Å². The average molecular weight is 326 g/mol. The van der Waals surface area contributed by atoms with E-state index >= 15 is 0 Å². The number of hydrogen-bond acceptors (Lipinski definition) is 0. The SMILES string of the molecule is CCCC1=CC[C-]=C1.F.F.[Hf]. The number of halogens is 2. The van der Waals surface area contributed by atoms with E-state index in [1.54, 1.807) is 0 Å². The van der Waals surface area contributed by atoms with Crippen LogP contribution in [0, 0.1) is 6.08 Å². The summed E-state index contributed by atoms with van der Waals surface area (Å²) >= 11 is 0. The van der Waals surface area contributed by atoms with Crippen LogP contribution in [0.1, 0.15) is 26.2 Å². The maximum atomic E-state index is 3.14. The van der Waals surface area contributed by atoms with Gasteiger partial charge in [-0.2, -0.15) is 6.08 Å². The monoisotopic (exact) mass is 327 g/mol. The first-order valence-corrected chi connectivity index (χ1v) is 3.19. The minimum Gasteiger partial charge on any atom is -0.273 e. The van der Waals surface area contributed by atoms with Crippen molar-refractivity contribution in [3.05, 3.63) is 23.8 Å². The van der Waals surface area contributed by atoms with Crippen molar-refractivity contribution in [2.75, 3.05) is 0 Å². The molecule has 1 rings (SSSR count). The third kappa shape index (κ3) is 6.60. The third-order valence-electron chi connectivity index (χ3n) is 1.31.